The zero-order valence-electron chi connectivity index (χ0n) is 19.0. The molecule has 6 nitrogen and oxygen atoms in total. The molecule has 1 fully saturated rings. The van der Waals surface area contributed by atoms with Gasteiger partial charge in [0.15, 0.2) is 0 Å². The van der Waals surface area contributed by atoms with Gasteiger partial charge in [-0.1, -0.05) is 48.0 Å². The number of carbonyl (C=O) groups excluding carboxylic acids is 3. The minimum absolute atomic E-state index is 0.165. The van der Waals surface area contributed by atoms with Crippen molar-refractivity contribution in [3.8, 4) is 5.75 Å². The molecular formula is C28H17BrClIN2O4. The number of hydrogen-bond acceptors (Lipinski definition) is 4. The maximum Gasteiger partial charge on any atom is 0.335 e. The van der Waals surface area contributed by atoms with E-state index in [1.807, 2.05) is 18.2 Å². The number of anilines is 1. The molecule has 0 atom stereocenters. The number of fused-ring (bicyclic) bond motifs is 1. The Labute approximate surface area is 239 Å². The molecule has 0 spiro atoms. The van der Waals surface area contributed by atoms with Gasteiger partial charge in [0.2, 0.25) is 0 Å². The van der Waals surface area contributed by atoms with Crippen LogP contribution in [0.3, 0.4) is 0 Å². The number of carbonyl (C=O) groups is 3. The van der Waals surface area contributed by atoms with Crippen molar-refractivity contribution in [1.82, 2.24) is 5.32 Å². The van der Waals surface area contributed by atoms with Crippen molar-refractivity contribution in [2.24, 2.45) is 0 Å². The largest absolute Gasteiger partial charge is 0.487 e. The molecule has 9 heteroatoms. The summed E-state index contributed by atoms with van der Waals surface area (Å²) >= 11 is 11.6. The maximum atomic E-state index is 13.1. The van der Waals surface area contributed by atoms with Gasteiger partial charge in [0, 0.05) is 5.02 Å². The average Bonchev–Trinajstić information content (AvgIpc) is 2.87. The van der Waals surface area contributed by atoms with E-state index in [0.29, 0.717) is 33.1 Å². The van der Waals surface area contributed by atoms with E-state index in [-0.39, 0.29) is 5.57 Å². The van der Waals surface area contributed by atoms with Crippen LogP contribution in [0.1, 0.15) is 11.1 Å². The lowest BCUT2D eigenvalue weighted by Crippen LogP contribution is -2.54. The van der Waals surface area contributed by atoms with Crippen LogP contribution < -0.4 is 15.0 Å². The van der Waals surface area contributed by atoms with E-state index in [1.165, 1.54) is 18.2 Å². The molecule has 37 heavy (non-hydrogen) atoms. The van der Waals surface area contributed by atoms with Crippen molar-refractivity contribution >= 4 is 90.5 Å². The fourth-order valence-electron chi connectivity index (χ4n) is 3.93. The lowest BCUT2D eigenvalue weighted by Gasteiger charge is -2.26. The molecule has 5 rings (SSSR count). The Hall–Kier alpha value is -3.21. The molecule has 4 amide bonds. The summed E-state index contributed by atoms with van der Waals surface area (Å²) in [6.07, 6.45) is 1.45. The molecular weight excluding hydrogens is 671 g/mol. The highest BCUT2D eigenvalue weighted by atomic mass is 127. The van der Waals surface area contributed by atoms with E-state index >= 15 is 0 Å². The summed E-state index contributed by atoms with van der Waals surface area (Å²) in [5.41, 5.74) is 1.77. The molecule has 184 valence electrons. The van der Waals surface area contributed by atoms with Gasteiger partial charge >= 0.3 is 6.03 Å². The Bertz CT molecular complexity index is 1580. The van der Waals surface area contributed by atoms with Crippen LogP contribution in [0.25, 0.3) is 16.8 Å². The average molecular weight is 688 g/mol. The topological polar surface area (TPSA) is 75.7 Å². The second-order valence-electron chi connectivity index (χ2n) is 8.22. The molecule has 4 aromatic rings. The second kappa shape index (κ2) is 10.6. The SMILES string of the molecule is O=C1NC(=O)N(c2ccc(Cl)cc2)C(=O)/C1=C/c1cc(Br)c(OCc2ccc3ccccc3c2)c(I)c1. The Morgan fingerprint density at radius 2 is 1.68 bits per heavy atom. The van der Waals surface area contributed by atoms with E-state index in [1.54, 1.807) is 24.3 Å². The summed E-state index contributed by atoms with van der Waals surface area (Å²) in [6.45, 7) is 0.374. The van der Waals surface area contributed by atoms with Gasteiger partial charge in [-0.25, -0.2) is 9.69 Å². The monoisotopic (exact) mass is 686 g/mol. The van der Waals surface area contributed by atoms with Gasteiger partial charge in [-0.05, 0) is 109 Å². The number of rotatable bonds is 5. The number of nitrogens with zero attached hydrogens (tertiary/aromatic N) is 1. The number of hydrogen-bond donors (Lipinski definition) is 1. The minimum Gasteiger partial charge on any atom is -0.487 e. The van der Waals surface area contributed by atoms with E-state index in [0.717, 1.165) is 24.8 Å². The highest BCUT2D eigenvalue weighted by Crippen LogP contribution is 2.34. The Morgan fingerprint density at radius 1 is 0.946 bits per heavy atom. The normalized spacial score (nSPS) is 14.8. The smallest absolute Gasteiger partial charge is 0.335 e. The minimum atomic E-state index is -0.817. The zero-order valence-corrected chi connectivity index (χ0v) is 23.5. The van der Waals surface area contributed by atoms with Crippen LogP contribution in [-0.4, -0.2) is 17.8 Å². The number of nitrogens with one attached hydrogen (secondary N) is 1. The molecule has 0 aromatic heterocycles. The molecule has 0 radical (unpaired) electrons. The van der Waals surface area contributed by atoms with E-state index in [4.69, 9.17) is 16.3 Å². The first-order valence-electron chi connectivity index (χ1n) is 11.1. The molecule has 0 aliphatic carbocycles. The summed E-state index contributed by atoms with van der Waals surface area (Å²) in [5.74, 6) is -0.838. The lowest BCUT2D eigenvalue weighted by molar-refractivity contribution is -0.122. The third-order valence-electron chi connectivity index (χ3n) is 5.72. The van der Waals surface area contributed by atoms with Gasteiger partial charge in [-0.2, -0.15) is 0 Å². The van der Waals surface area contributed by atoms with Gasteiger partial charge in [-0.3, -0.25) is 14.9 Å². The fraction of sp³-hybridized carbons (Fsp3) is 0.0357. The Kier molecular flexibility index (Phi) is 7.32. The number of barbiturate groups is 1. The lowest BCUT2D eigenvalue weighted by atomic mass is 10.1. The summed E-state index contributed by atoms with van der Waals surface area (Å²) in [4.78, 5) is 39.0. The predicted molar refractivity (Wildman–Crippen MR) is 156 cm³/mol. The molecule has 1 aliphatic rings. The van der Waals surface area contributed by atoms with Gasteiger partial charge in [0.05, 0.1) is 13.7 Å². The molecule has 0 unspecified atom stereocenters. The number of imide groups is 2. The van der Waals surface area contributed by atoms with Crippen LogP contribution in [-0.2, 0) is 16.2 Å². The van der Waals surface area contributed by atoms with Crippen LogP contribution in [0.2, 0.25) is 5.02 Å². The van der Waals surface area contributed by atoms with E-state index in [2.05, 4.69) is 68.1 Å². The van der Waals surface area contributed by atoms with E-state index in [9.17, 15) is 14.4 Å². The number of benzene rings is 4. The van der Waals surface area contributed by atoms with Crippen LogP contribution in [0, 0.1) is 3.57 Å². The van der Waals surface area contributed by atoms with Crippen molar-refractivity contribution in [2.45, 2.75) is 6.61 Å². The Balaban J connectivity index is 1.39. The Morgan fingerprint density at radius 3 is 2.41 bits per heavy atom. The number of halogens is 3. The zero-order chi connectivity index (χ0) is 26.1. The molecule has 1 aliphatic heterocycles. The van der Waals surface area contributed by atoms with Crippen LogP contribution in [0.5, 0.6) is 5.75 Å². The summed E-state index contributed by atoms with van der Waals surface area (Å²) in [6, 6.07) is 23.3. The number of ether oxygens (including phenoxy) is 1. The van der Waals surface area contributed by atoms with Crippen molar-refractivity contribution in [1.29, 1.82) is 0 Å². The van der Waals surface area contributed by atoms with Gasteiger partial charge in [0.1, 0.15) is 17.9 Å². The van der Waals surface area contributed by atoms with Gasteiger partial charge < -0.3 is 4.74 Å². The van der Waals surface area contributed by atoms with Gasteiger partial charge in [0.25, 0.3) is 11.8 Å². The first-order chi connectivity index (χ1) is 17.8. The number of urea groups is 1. The highest BCUT2D eigenvalue weighted by molar-refractivity contribution is 14.1. The highest BCUT2D eigenvalue weighted by Gasteiger charge is 2.36. The molecule has 1 saturated heterocycles. The van der Waals surface area contributed by atoms with Crippen molar-refractivity contribution < 1.29 is 19.1 Å². The summed E-state index contributed by atoms with van der Waals surface area (Å²) in [7, 11) is 0. The third kappa shape index (κ3) is 5.41. The fourth-order valence-corrected chi connectivity index (χ4v) is 5.83. The number of amides is 4. The first kappa shape index (κ1) is 25.4. The predicted octanol–water partition coefficient (Wildman–Crippen LogP) is 7.11. The second-order valence-corrected chi connectivity index (χ2v) is 10.7. The maximum absolute atomic E-state index is 13.1. The molecule has 1 N–H and O–H groups in total. The van der Waals surface area contributed by atoms with Crippen molar-refractivity contribution in [2.75, 3.05) is 4.90 Å². The van der Waals surface area contributed by atoms with Crippen molar-refractivity contribution in [3.63, 3.8) is 0 Å². The van der Waals surface area contributed by atoms with Crippen LogP contribution >= 0.6 is 50.1 Å². The van der Waals surface area contributed by atoms with E-state index < -0.39 is 17.8 Å². The van der Waals surface area contributed by atoms with Crippen LogP contribution in [0.4, 0.5) is 10.5 Å². The standard InChI is InChI=1S/C28H17BrClIN2O4/c29-23-13-17(12-22-26(34)32-28(36)33(27(22)35)21-9-7-20(30)8-10-21)14-24(31)25(23)37-15-16-5-6-18-3-1-2-4-19(18)11-16/h1-14H,15H2,(H,32,34,36)/b22-12+. The molecule has 0 saturated carbocycles. The van der Waals surface area contributed by atoms with Crippen molar-refractivity contribution in [3.05, 3.63) is 109 Å². The molecule has 0 bridgehead atoms. The summed E-state index contributed by atoms with van der Waals surface area (Å²) < 4.78 is 7.56. The van der Waals surface area contributed by atoms with Crippen LogP contribution in [0.15, 0.2) is 88.9 Å². The van der Waals surface area contributed by atoms with Gasteiger partial charge in [-0.15, -0.1) is 0 Å². The molecule has 1 heterocycles. The first-order valence-corrected chi connectivity index (χ1v) is 13.3. The third-order valence-corrected chi connectivity index (χ3v) is 7.36. The summed E-state index contributed by atoms with van der Waals surface area (Å²) in [5, 5.41) is 4.99. The molecule has 4 aromatic carbocycles. The quantitative estimate of drug-likeness (QED) is 0.138.